The van der Waals surface area contributed by atoms with Gasteiger partial charge in [0.1, 0.15) is 17.7 Å². The molecular weight excluding hydrogens is 308 g/mol. The van der Waals surface area contributed by atoms with E-state index in [0.717, 1.165) is 28.9 Å². The van der Waals surface area contributed by atoms with Gasteiger partial charge in [-0.1, -0.05) is 24.3 Å². The fourth-order valence-electron chi connectivity index (χ4n) is 3.46. The van der Waals surface area contributed by atoms with Crippen molar-refractivity contribution in [2.24, 2.45) is 0 Å². The van der Waals surface area contributed by atoms with Gasteiger partial charge in [-0.3, -0.25) is 14.5 Å². The molecule has 1 heterocycles. The second-order valence-corrected chi connectivity index (χ2v) is 7.32. The molecule has 1 atom stereocenters. The Morgan fingerprint density at radius 1 is 1.29 bits per heavy atom. The summed E-state index contributed by atoms with van der Waals surface area (Å²) in [4.78, 5) is 38.3. The van der Waals surface area contributed by atoms with Crippen LogP contribution in [0.2, 0.25) is 0 Å². The molecular formula is C18H22N2O4. The van der Waals surface area contributed by atoms with Crippen molar-refractivity contribution in [2.45, 2.75) is 51.2 Å². The first-order valence-electron chi connectivity index (χ1n) is 8.17. The van der Waals surface area contributed by atoms with Gasteiger partial charge in [0.25, 0.3) is 5.91 Å². The number of imide groups is 1. The van der Waals surface area contributed by atoms with E-state index in [1.54, 1.807) is 20.8 Å². The fraction of sp³-hybridized carbons (Fsp3) is 0.500. The molecule has 2 aliphatic rings. The number of hydrogen-bond donors (Lipinski definition) is 1. The summed E-state index contributed by atoms with van der Waals surface area (Å²) in [5, 5.41) is 2.82. The van der Waals surface area contributed by atoms with Crippen LogP contribution in [0.15, 0.2) is 24.3 Å². The molecule has 3 rings (SSSR count). The number of urea groups is 1. The van der Waals surface area contributed by atoms with Crippen LogP contribution in [0, 0.1) is 0 Å². The highest BCUT2D eigenvalue weighted by atomic mass is 16.6. The third-order valence-corrected chi connectivity index (χ3v) is 4.36. The van der Waals surface area contributed by atoms with E-state index in [1.165, 1.54) is 0 Å². The maximum Gasteiger partial charge on any atom is 0.326 e. The number of hydrogen-bond acceptors (Lipinski definition) is 4. The van der Waals surface area contributed by atoms with E-state index in [4.69, 9.17) is 4.74 Å². The van der Waals surface area contributed by atoms with Gasteiger partial charge < -0.3 is 10.1 Å². The summed E-state index contributed by atoms with van der Waals surface area (Å²) in [5.41, 5.74) is 0.192. The lowest BCUT2D eigenvalue weighted by Gasteiger charge is -2.33. The summed E-state index contributed by atoms with van der Waals surface area (Å²) in [6.45, 7) is 4.87. The molecule has 1 fully saturated rings. The average Bonchev–Trinajstić information content (AvgIpc) is 2.71. The molecule has 128 valence electrons. The van der Waals surface area contributed by atoms with Crippen LogP contribution in [0.1, 0.15) is 44.7 Å². The quantitative estimate of drug-likeness (QED) is 0.666. The molecule has 6 nitrogen and oxygen atoms in total. The minimum absolute atomic E-state index is 0.369. The molecule has 0 bridgehead atoms. The van der Waals surface area contributed by atoms with Crippen molar-refractivity contribution in [3.63, 3.8) is 0 Å². The summed E-state index contributed by atoms with van der Waals surface area (Å²) in [7, 11) is 0. The third-order valence-electron chi connectivity index (χ3n) is 4.36. The van der Waals surface area contributed by atoms with Gasteiger partial charge in [-0.2, -0.15) is 0 Å². The van der Waals surface area contributed by atoms with Gasteiger partial charge >= 0.3 is 12.0 Å². The lowest BCUT2D eigenvalue weighted by atomic mass is 9.76. The Bertz CT molecular complexity index is 707. The summed E-state index contributed by atoms with van der Waals surface area (Å²) in [6.07, 6.45) is 2.23. The van der Waals surface area contributed by atoms with Crippen molar-refractivity contribution >= 4 is 17.9 Å². The maximum atomic E-state index is 13.0. The zero-order chi connectivity index (χ0) is 17.5. The van der Waals surface area contributed by atoms with E-state index in [9.17, 15) is 14.4 Å². The predicted octanol–water partition coefficient (Wildman–Crippen LogP) is 2.11. The van der Waals surface area contributed by atoms with Gasteiger partial charge in [0.2, 0.25) is 0 Å². The van der Waals surface area contributed by atoms with Crippen LogP contribution >= 0.6 is 0 Å². The molecule has 1 aliphatic carbocycles. The Hall–Kier alpha value is -2.37. The van der Waals surface area contributed by atoms with Crippen molar-refractivity contribution in [1.29, 1.82) is 0 Å². The number of ether oxygens (including phenoxy) is 1. The number of esters is 1. The van der Waals surface area contributed by atoms with E-state index < -0.39 is 23.1 Å². The number of aryl methyl sites for hydroxylation is 1. The minimum atomic E-state index is -1.05. The first kappa shape index (κ1) is 16.5. The zero-order valence-electron chi connectivity index (χ0n) is 14.2. The second-order valence-electron chi connectivity index (χ2n) is 7.32. The number of fused-ring (bicyclic) bond motifs is 2. The molecule has 1 spiro atoms. The number of nitrogens with zero attached hydrogens (tertiary/aromatic N) is 1. The summed E-state index contributed by atoms with van der Waals surface area (Å²) in [6, 6.07) is 7.11. The Morgan fingerprint density at radius 3 is 2.71 bits per heavy atom. The van der Waals surface area contributed by atoms with Crippen LogP contribution in [0.5, 0.6) is 0 Å². The first-order chi connectivity index (χ1) is 11.2. The first-order valence-corrected chi connectivity index (χ1v) is 8.17. The summed E-state index contributed by atoms with van der Waals surface area (Å²) >= 11 is 0. The van der Waals surface area contributed by atoms with Crippen molar-refractivity contribution in [1.82, 2.24) is 10.2 Å². The highest BCUT2D eigenvalue weighted by Gasteiger charge is 2.54. The molecule has 0 radical (unpaired) electrons. The number of rotatable bonds is 2. The van der Waals surface area contributed by atoms with Crippen LogP contribution in [-0.2, 0) is 26.3 Å². The van der Waals surface area contributed by atoms with Crippen molar-refractivity contribution in [3.05, 3.63) is 35.4 Å². The van der Waals surface area contributed by atoms with Gasteiger partial charge in [0.05, 0.1) is 0 Å². The topological polar surface area (TPSA) is 75.7 Å². The number of amides is 3. The Morgan fingerprint density at radius 2 is 2.00 bits per heavy atom. The second kappa shape index (κ2) is 5.61. The largest absolute Gasteiger partial charge is 0.459 e. The highest BCUT2D eigenvalue weighted by molar-refractivity contribution is 6.09. The predicted molar refractivity (Wildman–Crippen MR) is 87.1 cm³/mol. The molecule has 3 amide bonds. The third kappa shape index (κ3) is 2.77. The van der Waals surface area contributed by atoms with Crippen LogP contribution in [-0.4, -0.2) is 35.0 Å². The van der Waals surface area contributed by atoms with Gasteiger partial charge in [-0.05, 0) is 51.2 Å². The Balaban J connectivity index is 1.87. The van der Waals surface area contributed by atoms with Crippen molar-refractivity contribution < 1.29 is 19.1 Å². The summed E-state index contributed by atoms with van der Waals surface area (Å²) < 4.78 is 5.23. The lowest BCUT2D eigenvalue weighted by molar-refractivity contribution is -0.157. The standard InChI is InChI=1S/C18H22N2O4/c1-17(2,3)24-14(21)11-20-15(22)18(19-16(20)23)10-6-8-12-7-4-5-9-13(12)18/h4-5,7,9H,6,8,10-11H2,1-3H3,(H,19,23)/t18-/m0/s1. The van der Waals surface area contributed by atoms with E-state index in [2.05, 4.69) is 5.32 Å². The number of benzene rings is 1. The highest BCUT2D eigenvalue weighted by Crippen LogP contribution is 2.39. The van der Waals surface area contributed by atoms with Crippen LogP contribution in [0.4, 0.5) is 4.79 Å². The Labute approximate surface area is 141 Å². The van der Waals surface area contributed by atoms with Gasteiger partial charge in [-0.25, -0.2) is 4.79 Å². The molecule has 24 heavy (non-hydrogen) atoms. The average molecular weight is 330 g/mol. The summed E-state index contributed by atoms with van der Waals surface area (Å²) in [5.74, 6) is -0.961. The van der Waals surface area contributed by atoms with Crippen molar-refractivity contribution in [3.8, 4) is 0 Å². The normalized spacial score (nSPS) is 23.2. The molecule has 0 aromatic heterocycles. The number of nitrogens with one attached hydrogen (secondary N) is 1. The van der Waals surface area contributed by atoms with Crippen LogP contribution < -0.4 is 5.32 Å². The number of carbonyl (C=O) groups is 3. The molecule has 0 unspecified atom stereocenters. The van der Waals surface area contributed by atoms with E-state index in [1.807, 2.05) is 24.3 Å². The Kier molecular flexibility index (Phi) is 3.86. The molecule has 6 heteroatoms. The van der Waals surface area contributed by atoms with E-state index in [-0.39, 0.29) is 12.5 Å². The van der Waals surface area contributed by atoms with Gasteiger partial charge in [0, 0.05) is 0 Å². The van der Waals surface area contributed by atoms with Gasteiger partial charge in [-0.15, -0.1) is 0 Å². The smallest absolute Gasteiger partial charge is 0.326 e. The lowest BCUT2D eigenvalue weighted by Crippen LogP contribution is -2.47. The molecule has 1 aromatic carbocycles. The zero-order valence-corrected chi connectivity index (χ0v) is 14.2. The molecule has 0 saturated carbocycles. The fourth-order valence-corrected chi connectivity index (χ4v) is 3.46. The van der Waals surface area contributed by atoms with E-state index >= 15 is 0 Å². The van der Waals surface area contributed by atoms with Crippen LogP contribution in [0.25, 0.3) is 0 Å². The van der Waals surface area contributed by atoms with Crippen molar-refractivity contribution in [2.75, 3.05) is 6.54 Å². The maximum absolute atomic E-state index is 13.0. The number of carbonyl (C=O) groups excluding carboxylic acids is 3. The van der Waals surface area contributed by atoms with E-state index in [0.29, 0.717) is 6.42 Å². The molecule has 1 N–H and O–H groups in total. The molecule has 1 aliphatic heterocycles. The van der Waals surface area contributed by atoms with Crippen LogP contribution in [0.3, 0.4) is 0 Å². The SMILES string of the molecule is CC(C)(C)OC(=O)CN1C(=O)N[C@]2(CCCc3ccccc32)C1=O. The molecule has 1 saturated heterocycles. The monoisotopic (exact) mass is 330 g/mol. The molecule has 1 aromatic rings. The van der Waals surface area contributed by atoms with Gasteiger partial charge in [0.15, 0.2) is 0 Å². The minimum Gasteiger partial charge on any atom is -0.459 e.